The zero-order chi connectivity index (χ0) is 11.2. The smallest absolute Gasteiger partial charge is 0.724 e. The minimum Gasteiger partial charge on any atom is -0.724 e. The Morgan fingerprint density at radius 1 is 1.44 bits per heavy atom. The number of alkyl halides is 1. The third-order valence-electron chi connectivity index (χ3n) is 2.42. The molecule has 2 heterocycles. The summed E-state index contributed by atoms with van der Waals surface area (Å²) >= 11 is 0. The molecule has 2 aliphatic heterocycles. The molecular weight excluding hydrogens is 254 g/mol. The van der Waals surface area contributed by atoms with Gasteiger partial charge in [-0.1, -0.05) is 0 Å². The van der Waals surface area contributed by atoms with Gasteiger partial charge in [-0.2, -0.15) is 9.35 Å². The van der Waals surface area contributed by atoms with E-state index in [0.29, 0.717) is 5.06 Å². The van der Waals surface area contributed by atoms with Gasteiger partial charge in [0.25, 0.3) is 0 Å². The third-order valence-corrected chi connectivity index (χ3v) is 2.76. The Morgan fingerprint density at radius 2 is 2.06 bits per heavy atom. The number of hydroxylamine groups is 2. The Kier molecular flexibility index (Phi) is 4.19. The molecule has 2 rings (SSSR count). The molecule has 0 aromatic rings. The molecule has 2 aliphatic rings. The van der Waals surface area contributed by atoms with E-state index in [2.05, 4.69) is 4.28 Å². The third kappa shape index (κ3) is 2.66. The molecule has 0 spiro atoms. The topological polar surface area (TPSA) is 90.0 Å². The van der Waals surface area contributed by atoms with Crippen molar-refractivity contribution < 1.29 is 56.0 Å². The molecule has 10 heteroatoms. The van der Waals surface area contributed by atoms with Gasteiger partial charge >= 0.3 is 35.6 Å². The monoisotopic (exact) mass is 262 g/mol. The largest absolute Gasteiger partial charge is 1.00 e. The number of carbonyl (C=O) groups is 1. The van der Waals surface area contributed by atoms with Crippen LogP contribution in [0.5, 0.6) is 0 Å². The molecule has 0 aliphatic carbocycles. The number of fused-ring (bicyclic) bond motifs is 2. The Morgan fingerprint density at radius 3 is 2.56 bits per heavy atom. The van der Waals surface area contributed by atoms with E-state index in [1.807, 2.05) is 0 Å². The molecule has 7 nitrogen and oxygen atoms in total. The first kappa shape index (κ1) is 14.1. The quantitative estimate of drug-likeness (QED) is 0.224. The number of hydrogen-bond acceptors (Lipinski definition) is 5. The van der Waals surface area contributed by atoms with Gasteiger partial charge in [0.1, 0.15) is 0 Å². The zero-order valence-electron chi connectivity index (χ0n) is 8.50. The molecule has 2 bridgehead atoms. The molecule has 2 saturated heterocycles. The van der Waals surface area contributed by atoms with Crippen LogP contribution in [0.2, 0.25) is 0 Å². The van der Waals surface area contributed by atoms with Crippen LogP contribution in [-0.4, -0.2) is 47.8 Å². The summed E-state index contributed by atoms with van der Waals surface area (Å²) < 4.78 is 48.0. The van der Waals surface area contributed by atoms with Gasteiger partial charge < -0.3 is 4.55 Å². The second-order valence-electron chi connectivity index (χ2n) is 3.41. The normalized spacial score (nSPS) is 29.2. The van der Waals surface area contributed by atoms with Gasteiger partial charge in [-0.05, 0) is 12.8 Å². The first-order valence-electron chi connectivity index (χ1n) is 4.28. The first-order chi connectivity index (χ1) is 6.88. The van der Waals surface area contributed by atoms with E-state index in [4.69, 9.17) is 0 Å². The summed E-state index contributed by atoms with van der Waals surface area (Å²) in [5.74, 6) is 0. The van der Waals surface area contributed by atoms with E-state index < -0.39 is 28.8 Å². The fraction of sp³-hybridized carbons (Fsp3) is 0.833. The van der Waals surface area contributed by atoms with E-state index in [0.717, 1.165) is 4.90 Å². The van der Waals surface area contributed by atoms with Crippen LogP contribution in [0.25, 0.3) is 0 Å². The number of halogens is 1. The van der Waals surface area contributed by atoms with Gasteiger partial charge in [0.15, 0.2) is 6.30 Å². The minimum atomic E-state index is -4.99. The summed E-state index contributed by atoms with van der Waals surface area (Å²) in [6, 6.07) is -1.47. The summed E-state index contributed by atoms with van der Waals surface area (Å²) in [5, 5.41) is 0.446. The maximum atomic E-state index is 13.1. The Bertz CT molecular complexity index is 390. The Balaban J connectivity index is 0.00000128. The van der Waals surface area contributed by atoms with Crippen LogP contribution in [0.15, 0.2) is 0 Å². The van der Waals surface area contributed by atoms with Crippen LogP contribution in [0, 0.1) is 0 Å². The molecule has 0 radical (unpaired) electrons. The predicted molar refractivity (Wildman–Crippen MR) is 42.6 cm³/mol. The summed E-state index contributed by atoms with van der Waals surface area (Å²) in [4.78, 5) is 12.2. The van der Waals surface area contributed by atoms with Crippen LogP contribution in [0.1, 0.15) is 12.8 Å². The summed E-state index contributed by atoms with van der Waals surface area (Å²) in [5.41, 5.74) is 0. The van der Waals surface area contributed by atoms with Crippen molar-refractivity contribution in [2.45, 2.75) is 25.2 Å². The first-order valence-corrected chi connectivity index (χ1v) is 5.61. The number of rotatable bonds is 2. The van der Waals surface area contributed by atoms with Crippen LogP contribution in [0.3, 0.4) is 0 Å². The van der Waals surface area contributed by atoms with Crippen LogP contribution in [-0.2, 0) is 14.7 Å². The number of nitrogens with zero attached hydrogens (tertiary/aromatic N) is 2. The molecule has 86 valence electrons. The van der Waals surface area contributed by atoms with E-state index >= 15 is 0 Å². The molecule has 2 atom stereocenters. The molecule has 0 N–H and O–H groups in total. The number of carbonyl (C=O) groups excluding carboxylic acids is 1. The maximum Gasteiger partial charge on any atom is 1.00 e. The predicted octanol–water partition coefficient (Wildman–Crippen LogP) is -3.42. The number of urea groups is 1. The molecule has 0 aromatic carbocycles. The Labute approximate surface area is 114 Å². The van der Waals surface area contributed by atoms with Gasteiger partial charge in [0.2, 0.25) is 10.4 Å². The molecule has 0 aromatic heterocycles. The Hall–Kier alpha value is 0.0700. The van der Waals surface area contributed by atoms with Crippen molar-refractivity contribution in [2.24, 2.45) is 0 Å². The van der Waals surface area contributed by atoms with Crippen molar-refractivity contribution in [2.75, 3.05) is 6.54 Å². The average Bonchev–Trinajstić information content (AvgIpc) is 2.35. The minimum absolute atomic E-state index is 0. The van der Waals surface area contributed by atoms with Crippen molar-refractivity contribution in [3.05, 3.63) is 0 Å². The fourth-order valence-corrected chi connectivity index (χ4v) is 2.16. The van der Waals surface area contributed by atoms with Crippen LogP contribution >= 0.6 is 0 Å². The van der Waals surface area contributed by atoms with Crippen molar-refractivity contribution in [3.63, 3.8) is 0 Å². The molecule has 16 heavy (non-hydrogen) atoms. The van der Waals surface area contributed by atoms with Crippen molar-refractivity contribution in [1.29, 1.82) is 0 Å². The maximum absolute atomic E-state index is 13.1. The van der Waals surface area contributed by atoms with Gasteiger partial charge in [-0.25, -0.2) is 17.6 Å². The van der Waals surface area contributed by atoms with Gasteiger partial charge in [-0.15, -0.1) is 0 Å². The summed E-state index contributed by atoms with van der Waals surface area (Å²) in [6.45, 7) is 0.0511. The standard InChI is InChI=1S/C6H9FN2O5S.Na/c7-5-2-1-4-3-8(5)6(10)9(4)14-15(11,12)13;/h4-5H,1-3H2,(H,11,12,13);/q;+1/p-1/t4-,5-;/m1./s1. The fourth-order valence-electron chi connectivity index (χ4n) is 1.78. The second-order valence-corrected chi connectivity index (χ2v) is 4.37. The van der Waals surface area contributed by atoms with Gasteiger partial charge in [0, 0.05) is 6.54 Å². The van der Waals surface area contributed by atoms with Gasteiger partial charge in [0.05, 0.1) is 6.04 Å². The van der Waals surface area contributed by atoms with E-state index in [1.54, 1.807) is 0 Å². The number of hydrogen-bond donors (Lipinski definition) is 0. The SMILES string of the molecule is O=C1N2C[C@@H](CC[C@@H]2F)N1OS(=O)(=O)[O-].[Na+]. The van der Waals surface area contributed by atoms with E-state index in [9.17, 15) is 22.2 Å². The van der Waals surface area contributed by atoms with Crippen molar-refractivity contribution >= 4 is 16.4 Å². The van der Waals surface area contributed by atoms with Crippen molar-refractivity contribution in [3.8, 4) is 0 Å². The zero-order valence-corrected chi connectivity index (χ0v) is 11.3. The number of piperidine rings is 1. The molecule has 0 saturated carbocycles. The summed E-state index contributed by atoms with van der Waals surface area (Å²) in [7, 11) is -4.99. The molecular formula is C6H8FN2NaO5S. The van der Waals surface area contributed by atoms with Crippen LogP contribution < -0.4 is 29.6 Å². The van der Waals surface area contributed by atoms with Crippen molar-refractivity contribution in [1.82, 2.24) is 9.96 Å². The molecule has 2 fully saturated rings. The van der Waals surface area contributed by atoms with E-state index in [1.165, 1.54) is 0 Å². The molecule has 2 amide bonds. The number of amides is 2. The van der Waals surface area contributed by atoms with Crippen LogP contribution in [0.4, 0.5) is 9.18 Å². The van der Waals surface area contributed by atoms with Gasteiger partial charge in [-0.3, -0.25) is 4.90 Å². The molecule has 0 unspecified atom stereocenters. The summed E-state index contributed by atoms with van der Waals surface area (Å²) in [6.07, 6.45) is -1.04. The van der Waals surface area contributed by atoms with E-state index in [-0.39, 0.29) is 48.9 Å². The second kappa shape index (κ2) is 4.75. The average molecular weight is 262 g/mol.